The number of para-hydroxylation sites is 1. The highest BCUT2D eigenvalue weighted by molar-refractivity contribution is 6.24. The lowest BCUT2D eigenvalue weighted by molar-refractivity contribution is -0.169. The molecule has 45 heavy (non-hydrogen) atoms. The lowest BCUT2D eigenvalue weighted by atomic mass is 9.54. The minimum atomic E-state index is -2.94. The van der Waals surface area contributed by atoms with Gasteiger partial charge in [-0.3, -0.25) is 19.3 Å². The van der Waals surface area contributed by atoms with E-state index in [4.69, 9.17) is 5.73 Å². The predicted molar refractivity (Wildman–Crippen MR) is 168 cm³/mol. The van der Waals surface area contributed by atoms with Crippen molar-refractivity contribution in [2.45, 2.75) is 62.7 Å². The molecule has 6 unspecified atom stereocenters. The average Bonchev–Trinajstić information content (AvgIpc) is 2.97. The number of likely N-dealkylation sites (N-methyl/N-ethyl adjacent to an activating group) is 1. The van der Waals surface area contributed by atoms with Crippen molar-refractivity contribution in [3.63, 3.8) is 0 Å². The summed E-state index contributed by atoms with van der Waals surface area (Å²) in [6.45, 7) is 6.34. The molecule has 1 saturated carbocycles. The highest BCUT2D eigenvalue weighted by Crippen LogP contribution is 2.57. The normalized spacial score (nSPS) is 28.1. The molecule has 0 radical (unpaired) electrons. The van der Waals surface area contributed by atoms with Gasteiger partial charge in [0.05, 0.1) is 23.6 Å². The minimum Gasteiger partial charge on any atom is -0.508 e. The van der Waals surface area contributed by atoms with Gasteiger partial charge in [-0.05, 0) is 56.0 Å². The Hall–Kier alpha value is -4.19. The van der Waals surface area contributed by atoms with Gasteiger partial charge in [-0.25, -0.2) is 0 Å². The molecule has 11 heteroatoms. The van der Waals surface area contributed by atoms with Crippen molar-refractivity contribution in [3.8, 4) is 5.75 Å². The van der Waals surface area contributed by atoms with Crippen LogP contribution in [0.25, 0.3) is 5.76 Å². The maximum absolute atomic E-state index is 14.2. The van der Waals surface area contributed by atoms with Crippen molar-refractivity contribution in [2.24, 2.45) is 17.6 Å². The number of carbonyl (C=O) groups excluding carboxylic acids is 3. The van der Waals surface area contributed by atoms with Crippen molar-refractivity contribution in [3.05, 3.63) is 76.1 Å². The number of nitrogens with two attached hydrogens (primary N) is 1. The summed E-state index contributed by atoms with van der Waals surface area (Å²) >= 11 is 0. The van der Waals surface area contributed by atoms with Gasteiger partial charge in [-0.15, -0.1) is 0 Å². The number of carbonyl (C=O) groups is 3. The van der Waals surface area contributed by atoms with E-state index in [2.05, 4.69) is 5.32 Å². The summed E-state index contributed by atoms with van der Waals surface area (Å²) in [6, 6.07) is 11.9. The van der Waals surface area contributed by atoms with Gasteiger partial charge in [0.1, 0.15) is 22.8 Å². The molecule has 5 rings (SSSR count). The fourth-order valence-corrected chi connectivity index (χ4v) is 7.62. The Balaban J connectivity index is 1.57. The number of aromatic hydroxyl groups is 1. The summed E-state index contributed by atoms with van der Waals surface area (Å²) in [5.41, 5.74) is 2.56. The van der Waals surface area contributed by atoms with E-state index in [1.165, 1.54) is 19.0 Å². The third kappa shape index (κ3) is 4.81. The van der Waals surface area contributed by atoms with Gasteiger partial charge in [-0.2, -0.15) is 0 Å². The Morgan fingerprint density at radius 2 is 1.71 bits per heavy atom. The molecule has 0 saturated heterocycles. The van der Waals surface area contributed by atoms with Gasteiger partial charge in [0.15, 0.2) is 11.4 Å². The summed E-state index contributed by atoms with van der Waals surface area (Å²) in [6.07, 6.45) is -0.193. The molecule has 3 aliphatic rings. The Morgan fingerprint density at radius 3 is 2.31 bits per heavy atom. The number of rotatable bonds is 8. The monoisotopic (exact) mass is 619 g/mol. The third-order valence-corrected chi connectivity index (χ3v) is 9.94. The molecule has 1 fully saturated rings. The number of ketones is 2. The Labute approximate surface area is 261 Å². The van der Waals surface area contributed by atoms with Crippen LogP contribution in [0.5, 0.6) is 5.75 Å². The number of aliphatic hydroxyl groups excluding tert-OH is 3. The summed E-state index contributed by atoms with van der Waals surface area (Å²) in [5.74, 6) is -8.93. The average molecular weight is 620 g/mol. The molecule has 0 aromatic heterocycles. The van der Waals surface area contributed by atoms with Crippen LogP contribution in [-0.4, -0.2) is 86.3 Å². The fraction of sp³-hybridized carbons (Fsp3) is 0.441. The topological polar surface area (TPSA) is 194 Å². The van der Waals surface area contributed by atoms with Crippen LogP contribution >= 0.6 is 0 Å². The van der Waals surface area contributed by atoms with Crippen LogP contribution in [0.4, 0.5) is 5.69 Å². The van der Waals surface area contributed by atoms with E-state index >= 15 is 0 Å². The molecule has 0 bridgehead atoms. The summed E-state index contributed by atoms with van der Waals surface area (Å²) in [7, 11) is 2.95. The van der Waals surface area contributed by atoms with Crippen LogP contribution in [0.2, 0.25) is 0 Å². The van der Waals surface area contributed by atoms with Crippen LogP contribution < -0.4 is 11.1 Å². The van der Waals surface area contributed by atoms with Crippen molar-refractivity contribution >= 4 is 28.9 Å². The second-order valence-corrected chi connectivity index (χ2v) is 13.3. The molecule has 0 heterocycles. The number of phenols is 1. The summed E-state index contributed by atoms with van der Waals surface area (Å²) < 4.78 is 0. The van der Waals surface area contributed by atoms with Crippen LogP contribution in [-0.2, 0) is 19.8 Å². The van der Waals surface area contributed by atoms with Gasteiger partial charge in [-0.1, -0.05) is 51.1 Å². The van der Waals surface area contributed by atoms with Crippen LogP contribution in [0.1, 0.15) is 56.2 Å². The van der Waals surface area contributed by atoms with Gasteiger partial charge in [0.25, 0.3) is 5.91 Å². The molecule has 3 aliphatic carbocycles. The number of anilines is 1. The van der Waals surface area contributed by atoms with Crippen LogP contribution in [0.3, 0.4) is 0 Å². The van der Waals surface area contributed by atoms with E-state index in [1.807, 2.05) is 44.2 Å². The lowest BCUT2D eigenvalue weighted by Gasteiger charge is -2.53. The van der Waals surface area contributed by atoms with Crippen molar-refractivity contribution in [2.75, 3.05) is 26.0 Å². The largest absolute Gasteiger partial charge is 0.508 e. The zero-order valence-corrected chi connectivity index (χ0v) is 26.0. The van der Waals surface area contributed by atoms with E-state index < -0.39 is 81.1 Å². The molecule has 8 N–H and O–H groups in total. The summed E-state index contributed by atoms with van der Waals surface area (Å²) in [4.78, 5) is 41.1. The first-order valence-electron chi connectivity index (χ1n) is 15.1. The molecule has 11 nitrogen and oxygen atoms in total. The number of Topliss-reactive ketones (excluding diaryl/α,β-unsaturated/α-hetero) is 2. The van der Waals surface area contributed by atoms with Gasteiger partial charge in [0.2, 0.25) is 5.78 Å². The lowest BCUT2D eigenvalue weighted by Crippen LogP contribution is -2.70. The minimum absolute atomic E-state index is 0.000949. The maximum Gasteiger partial charge on any atom is 0.255 e. The first-order chi connectivity index (χ1) is 21.1. The SMILES string of the molecule is CC1c2ccc(C(C)(C)CCCNc3ccccc3)c(O)c2C(O)=C2C(=O)C3(O)C(O)=C(C(N)=O)C(=O)C(N(C)C)C3C(O)C21. The van der Waals surface area contributed by atoms with E-state index in [-0.39, 0.29) is 11.3 Å². The van der Waals surface area contributed by atoms with Crippen molar-refractivity contribution in [1.82, 2.24) is 4.90 Å². The number of benzene rings is 2. The zero-order chi connectivity index (χ0) is 33.2. The smallest absolute Gasteiger partial charge is 0.255 e. The number of hydrogen-bond acceptors (Lipinski definition) is 10. The Kier molecular flexibility index (Phi) is 8.10. The molecule has 0 aliphatic heterocycles. The van der Waals surface area contributed by atoms with Gasteiger partial charge in [0, 0.05) is 29.3 Å². The standard InChI is InChI=1S/C34H41N3O8/c1-16-18-12-13-19(33(2,3)14-9-15-36-17-10-7-6-8-11-17)26(38)21(18)27(39)22-20(16)28(40)24-25(37(4)5)29(41)23(32(35)44)31(43)34(24,45)30(22)42/h6-8,10-13,16,20,24-25,28,36,38-40,43,45H,9,14-15H2,1-5H3,(H2,35,44). The number of hydrogen-bond donors (Lipinski definition) is 7. The van der Waals surface area contributed by atoms with E-state index in [1.54, 1.807) is 19.1 Å². The number of aliphatic hydroxyl groups is 4. The number of nitrogens with zero attached hydrogens (tertiary/aromatic N) is 1. The number of fused-ring (bicyclic) bond motifs is 3. The molecule has 240 valence electrons. The van der Waals surface area contributed by atoms with E-state index in [9.17, 15) is 39.9 Å². The second-order valence-electron chi connectivity index (χ2n) is 13.3. The Morgan fingerprint density at radius 1 is 1.07 bits per heavy atom. The zero-order valence-electron chi connectivity index (χ0n) is 26.0. The highest BCUT2D eigenvalue weighted by Gasteiger charge is 2.68. The predicted octanol–water partition coefficient (Wildman–Crippen LogP) is 2.67. The highest BCUT2D eigenvalue weighted by atomic mass is 16.4. The third-order valence-electron chi connectivity index (χ3n) is 9.94. The molecule has 6 atom stereocenters. The van der Waals surface area contributed by atoms with Crippen LogP contribution in [0, 0.1) is 11.8 Å². The van der Waals surface area contributed by atoms with E-state index in [0.29, 0.717) is 24.1 Å². The quantitative estimate of drug-likeness (QED) is 0.171. The number of amides is 1. The van der Waals surface area contributed by atoms with Crippen LogP contribution in [0.15, 0.2) is 59.4 Å². The maximum atomic E-state index is 14.2. The molecule has 2 aromatic rings. The number of phenolic OH excluding ortho intramolecular Hbond substituents is 1. The van der Waals surface area contributed by atoms with E-state index in [0.717, 1.165) is 12.1 Å². The van der Waals surface area contributed by atoms with Gasteiger partial charge < -0.3 is 36.6 Å². The van der Waals surface area contributed by atoms with Crippen molar-refractivity contribution in [1.29, 1.82) is 0 Å². The first kappa shape index (κ1) is 32.2. The molecular weight excluding hydrogens is 578 g/mol. The molecule has 2 aromatic carbocycles. The number of nitrogens with one attached hydrogen (secondary N) is 1. The summed E-state index contributed by atoms with van der Waals surface area (Å²) in [5, 5.41) is 61.4. The first-order valence-corrected chi connectivity index (χ1v) is 15.1. The molecular formula is C34H41N3O8. The second kappa shape index (κ2) is 11.3. The fourth-order valence-electron chi connectivity index (χ4n) is 7.62. The molecule has 1 amide bonds. The van der Waals surface area contributed by atoms with Crippen molar-refractivity contribution < 1.29 is 39.9 Å². The Bertz CT molecular complexity index is 1630. The van der Waals surface area contributed by atoms with Gasteiger partial charge >= 0.3 is 0 Å². The molecule has 0 spiro atoms. The number of primary amides is 1.